The van der Waals surface area contributed by atoms with E-state index in [0.29, 0.717) is 23.0 Å². The lowest BCUT2D eigenvalue weighted by atomic mass is 10.2. The van der Waals surface area contributed by atoms with E-state index in [2.05, 4.69) is 15.2 Å². The lowest BCUT2D eigenvalue weighted by molar-refractivity contribution is 0.0940. The van der Waals surface area contributed by atoms with Crippen molar-refractivity contribution in [1.82, 2.24) is 10.3 Å². The molecule has 3 rings (SSSR count). The van der Waals surface area contributed by atoms with E-state index in [9.17, 15) is 4.79 Å². The zero-order chi connectivity index (χ0) is 19.4. The Bertz CT molecular complexity index is 796. The summed E-state index contributed by atoms with van der Waals surface area (Å²) in [5.41, 5.74) is 1.46. The summed E-state index contributed by atoms with van der Waals surface area (Å²) in [5, 5.41) is 3.73. The maximum atomic E-state index is 12.5. The van der Waals surface area contributed by atoms with Gasteiger partial charge in [0.15, 0.2) is 0 Å². The second-order valence-electron chi connectivity index (χ2n) is 6.77. The Kier molecular flexibility index (Phi) is 6.06. The quantitative estimate of drug-likeness (QED) is 0.818. The lowest BCUT2D eigenvalue weighted by Crippen LogP contribution is -2.37. The van der Waals surface area contributed by atoms with E-state index in [0.717, 1.165) is 24.4 Å². The molecule has 1 N–H and O–H groups in total. The third-order valence-electron chi connectivity index (χ3n) is 4.36. The van der Waals surface area contributed by atoms with Crippen LogP contribution in [-0.4, -0.2) is 43.2 Å². The summed E-state index contributed by atoms with van der Waals surface area (Å²) in [6.07, 6.45) is 2.44. The third-order valence-corrected chi connectivity index (χ3v) is 4.60. The predicted molar refractivity (Wildman–Crippen MR) is 106 cm³/mol. The second-order valence-corrected chi connectivity index (χ2v) is 7.21. The van der Waals surface area contributed by atoms with Crippen molar-refractivity contribution in [3.05, 3.63) is 47.1 Å². The molecule has 1 amide bonds. The molecule has 144 valence electrons. The Hall–Kier alpha value is -2.47. The Balaban J connectivity index is 1.61. The standard InChI is InChI=1S/C20H24ClN3O3/c1-13(2)27-19-7-4-14(11-22-19)20(25)23-16-8-9-24(12-16)17-10-15(21)5-6-18(17)26-3/h4-7,10-11,13,16H,8-9,12H2,1-3H3,(H,23,25). The van der Waals surface area contributed by atoms with Gasteiger partial charge in [0.25, 0.3) is 5.91 Å². The number of aromatic nitrogens is 1. The molecule has 6 nitrogen and oxygen atoms in total. The van der Waals surface area contributed by atoms with E-state index < -0.39 is 0 Å². The minimum atomic E-state index is -0.136. The minimum Gasteiger partial charge on any atom is -0.495 e. The van der Waals surface area contributed by atoms with Gasteiger partial charge in [-0.3, -0.25) is 4.79 Å². The van der Waals surface area contributed by atoms with Gasteiger partial charge in [-0.25, -0.2) is 4.98 Å². The number of amides is 1. The number of ether oxygens (including phenoxy) is 2. The monoisotopic (exact) mass is 389 g/mol. The second kappa shape index (κ2) is 8.48. The van der Waals surface area contributed by atoms with Crippen LogP contribution in [0.4, 0.5) is 5.69 Å². The van der Waals surface area contributed by atoms with E-state index in [1.807, 2.05) is 26.0 Å². The summed E-state index contributed by atoms with van der Waals surface area (Å²) in [6, 6.07) is 9.05. The molecule has 1 aromatic heterocycles. The number of rotatable bonds is 6. The Morgan fingerprint density at radius 1 is 1.33 bits per heavy atom. The number of nitrogens with one attached hydrogen (secondary N) is 1. The number of anilines is 1. The van der Waals surface area contributed by atoms with E-state index in [-0.39, 0.29) is 18.1 Å². The van der Waals surface area contributed by atoms with Crippen molar-refractivity contribution >= 4 is 23.2 Å². The molecule has 1 unspecified atom stereocenters. The van der Waals surface area contributed by atoms with Crippen molar-refractivity contribution in [3.8, 4) is 11.6 Å². The summed E-state index contributed by atoms with van der Waals surface area (Å²) < 4.78 is 10.9. The zero-order valence-corrected chi connectivity index (χ0v) is 16.5. The number of pyridine rings is 1. The van der Waals surface area contributed by atoms with E-state index in [1.165, 1.54) is 0 Å². The molecule has 1 aliphatic heterocycles. The molecule has 0 spiro atoms. The summed E-state index contributed by atoms with van der Waals surface area (Å²) in [5.74, 6) is 1.15. The van der Waals surface area contributed by atoms with Gasteiger partial charge in [-0.15, -0.1) is 0 Å². The minimum absolute atomic E-state index is 0.0464. The maximum absolute atomic E-state index is 12.5. The van der Waals surface area contributed by atoms with Crippen molar-refractivity contribution < 1.29 is 14.3 Å². The van der Waals surface area contributed by atoms with Gasteiger partial charge in [0.1, 0.15) is 5.75 Å². The fourth-order valence-corrected chi connectivity index (χ4v) is 3.27. The maximum Gasteiger partial charge on any atom is 0.253 e. The van der Waals surface area contributed by atoms with Crippen LogP contribution in [0.25, 0.3) is 0 Å². The Morgan fingerprint density at radius 3 is 2.81 bits per heavy atom. The molecule has 27 heavy (non-hydrogen) atoms. The van der Waals surface area contributed by atoms with Crippen LogP contribution in [0, 0.1) is 0 Å². The van der Waals surface area contributed by atoms with Crippen molar-refractivity contribution in [3.63, 3.8) is 0 Å². The fraction of sp³-hybridized carbons (Fsp3) is 0.400. The highest BCUT2D eigenvalue weighted by Crippen LogP contribution is 2.33. The number of methoxy groups -OCH3 is 1. The lowest BCUT2D eigenvalue weighted by Gasteiger charge is -2.21. The van der Waals surface area contributed by atoms with Crippen molar-refractivity contribution in [2.24, 2.45) is 0 Å². The normalized spacial score (nSPS) is 16.5. The summed E-state index contributed by atoms with van der Waals surface area (Å²) in [4.78, 5) is 18.9. The molecule has 1 fully saturated rings. The largest absolute Gasteiger partial charge is 0.495 e. The molecule has 1 atom stereocenters. The van der Waals surface area contributed by atoms with Crippen LogP contribution in [0.15, 0.2) is 36.5 Å². The number of hydrogen-bond donors (Lipinski definition) is 1. The van der Waals surface area contributed by atoms with Crippen LogP contribution in [0.3, 0.4) is 0 Å². The molecular formula is C20H24ClN3O3. The highest BCUT2D eigenvalue weighted by atomic mass is 35.5. The highest BCUT2D eigenvalue weighted by molar-refractivity contribution is 6.30. The first kappa shape index (κ1) is 19.3. The Labute approximate surface area is 164 Å². The van der Waals surface area contributed by atoms with Crippen LogP contribution in [-0.2, 0) is 0 Å². The summed E-state index contributed by atoms with van der Waals surface area (Å²) in [7, 11) is 1.64. The Morgan fingerprint density at radius 2 is 2.15 bits per heavy atom. The number of carbonyl (C=O) groups excluding carboxylic acids is 1. The first-order chi connectivity index (χ1) is 13.0. The molecule has 1 saturated heterocycles. The molecule has 1 aromatic carbocycles. The van der Waals surface area contributed by atoms with Gasteiger partial charge < -0.3 is 19.7 Å². The van der Waals surface area contributed by atoms with E-state index in [4.69, 9.17) is 21.1 Å². The molecule has 0 aliphatic carbocycles. The number of hydrogen-bond acceptors (Lipinski definition) is 5. The molecule has 7 heteroatoms. The van der Waals surface area contributed by atoms with Crippen LogP contribution in [0.1, 0.15) is 30.6 Å². The number of halogens is 1. The van der Waals surface area contributed by atoms with Gasteiger partial charge in [0.05, 0.1) is 24.5 Å². The van der Waals surface area contributed by atoms with Gasteiger partial charge in [0, 0.05) is 36.4 Å². The zero-order valence-electron chi connectivity index (χ0n) is 15.7. The van der Waals surface area contributed by atoms with Crippen molar-refractivity contribution in [2.45, 2.75) is 32.4 Å². The van der Waals surface area contributed by atoms with Crippen molar-refractivity contribution in [1.29, 1.82) is 0 Å². The number of benzene rings is 1. The third kappa shape index (κ3) is 4.83. The summed E-state index contributed by atoms with van der Waals surface area (Å²) >= 11 is 6.13. The van der Waals surface area contributed by atoms with Gasteiger partial charge in [-0.2, -0.15) is 0 Å². The average molecular weight is 390 g/mol. The van der Waals surface area contributed by atoms with Gasteiger partial charge in [-0.05, 0) is 44.5 Å². The number of nitrogens with zero attached hydrogens (tertiary/aromatic N) is 2. The molecule has 0 radical (unpaired) electrons. The topological polar surface area (TPSA) is 63.7 Å². The molecule has 0 bridgehead atoms. The molecular weight excluding hydrogens is 366 g/mol. The predicted octanol–water partition coefficient (Wildman–Crippen LogP) is 3.54. The molecule has 2 aromatic rings. The van der Waals surface area contributed by atoms with Crippen molar-refractivity contribution in [2.75, 3.05) is 25.1 Å². The van der Waals surface area contributed by atoms with Crippen LogP contribution >= 0.6 is 11.6 Å². The first-order valence-electron chi connectivity index (χ1n) is 8.98. The fourth-order valence-electron chi connectivity index (χ4n) is 3.10. The van der Waals surface area contributed by atoms with Gasteiger partial charge in [-0.1, -0.05) is 11.6 Å². The van der Waals surface area contributed by atoms with Crippen LogP contribution < -0.4 is 19.7 Å². The molecule has 1 aliphatic rings. The van der Waals surface area contributed by atoms with Crippen LogP contribution in [0.2, 0.25) is 5.02 Å². The average Bonchev–Trinajstić information content (AvgIpc) is 3.10. The first-order valence-corrected chi connectivity index (χ1v) is 9.36. The van der Waals surface area contributed by atoms with E-state index in [1.54, 1.807) is 31.5 Å². The smallest absolute Gasteiger partial charge is 0.253 e. The van der Waals surface area contributed by atoms with Gasteiger partial charge >= 0.3 is 0 Å². The van der Waals surface area contributed by atoms with E-state index >= 15 is 0 Å². The highest BCUT2D eigenvalue weighted by Gasteiger charge is 2.26. The number of carbonyl (C=O) groups is 1. The van der Waals surface area contributed by atoms with Gasteiger partial charge in [0.2, 0.25) is 5.88 Å². The molecule has 0 saturated carbocycles. The SMILES string of the molecule is COc1ccc(Cl)cc1N1CCC(NC(=O)c2ccc(OC(C)C)nc2)C1. The molecule has 2 heterocycles. The summed E-state index contributed by atoms with van der Waals surface area (Å²) in [6.45, 7) is 5.39. The van der Waals surface area contributed by atoms with Crippen LogP contribution in [0.5, 0.6) is 11.6 Å².